The van der Waals surface area contributed by atoms with Crippen LogP contribution in [0.1, 0.15) is 11.1 Å². The molecule has 0 atom stereocenters. The van der Waals surface area contributed by atoms with Crippen molar-refractivity contribution in [3.8, 4) is 0 Å². The molecule has 4 heteroatoms. The van der Waals surface area contributed by atoms with Crippen LogP contribution in [-0.4, -0.2) is 10.5 Å². The first kappa shape index (κ1) is 10.1. The maximum atomic E-state index is 5.88. The average Bonchev–Trinajstić information content (AvgIpc) is 2.05. The van der Waals surface area contributed by atoms with Gasteiger partial charge in [-0.2, -0.15) is 0 Å². The number of hydrogen-bond donors (Lipinski definition) is 0. The standard InChI is InChI=1S/C8H10Cl2OSi/c1-6-2-4-7(5-3-6)8(9,10)11-12/h2-5H,1,12H3. The van der Waals surface area contributed by atoms with Crippen molar-refractivity contribution in [2.24, 2.45) is 0 Å². The van der Waals surface area contributed by atoms with E-state index in [1.807, 2.05) is 31.2 Å². The van der Waals surface area contributed by atoms with Crippen LogP contribution in [0.4, 0.5) is 0 Å². The van der Waals surface area contributed by atoms with Crippen molar-refractivity contribution < 1.29 is 4.43 Å². The molecule has 1 aromatic carbocycles. The lowest BCUT2D eigenvalue weighted by Crippen LogP contribution is -2.13. The van der Waals surface area contributed by atoms with Crippen molar-refractivity contribution in [1.29, 1.82) is 0 Å². The average molecular weight is 221 g/mol. The third-order valence-electron chi connectivity index (χ3n) is 1.64. The van der Waals surface area contributed by atoms with Gasteiger partial charge in [0.2, 0.25) is 4.52 Å². The molecule has 1 rings (SSSR count). The van der Waals surface area contributed by atoms with Gasteiger partial charge in [0.1, 0.15) is 10.5 Å². The van der Waals surface area contributed by atoms with Crippen molar-refractivity contribution in [3.05, 3.63) is 35.4 Å². The third kappa shape index (κ3) is 2.23. The van der Waals surface area contributed by atoms with Crippen LogP contribution < -0.4 is 0 Å². The normalized spacial score (nSPS) is 11.9. The SMILES string of the molecule is Cc1ccc(C(Cl)(Cl)O[SiH3])cc1. The molecule has 0 heterocycles. The zero-order chi connectivity index (χ0) is 9.19. The molecule has 0 aromatic heterocycles. The zero-order valence-electron chi connectivity index (χ0n) is 6.97. The second-order valence-corrected chi connectivity index (χ2v) is 4.25. The Hall–Kier alpha value is -0.0231. The summed E-state index contributed by atoms with van der Waals surface area (Å²) in [5, 5.41) is 0. The van der Waals surface area contributed by atoms with Crippen molar-refractivity contribution >= 4 is 33.7 Å². The highest BCUT2D eigenvalue weighted by Gasteiger charge is 2.24. The van der Waals surface area contributed by atoms with Gasteiger partial charge in [-0.05, 0) is 6.92 Å². The Morgan fingerprint density at radius 3 is 2.17 bits per heavy atom. The summed E-state index contributed by atoms with van der Waals surface area (Å²) >= 11 is 11.8. The van der Waals surface area contributed by atoms with Crippen LogP contribution in [0.3, 0.4) is 0 Å². The Bertz CT molecular complexity index is 258. The Kier molecular flexibility index (Phi) is 3.18. The molecule has 0 amide bonds. The van der Waals surface area contributed by atoms with Gasteiger partial charge in [0, 0.05) is 5.56 Å². The molecule has 0 unspecified atom stereocenters. The molecule has 0 saturated carbocycles. The molecule has 0 bridgehead atoms. The van der Waals surface area contributed by atoms with E-state index in [1.165, 1.54) is 5.56 Å². The maximum Gasteiger partial charge on any atom is 0.234 e. The van der Waals surface area contributed by atoms with E-state index in [2.05, 4.69) is 0 Å². The molecule has 0 N–H and O–H groups in total. The van der Waals surface area contributed by atoms with Gasteiger partial charge in [-0.15, -0.1) is 0 Å². The number of aryl methyl sites for hydroxylation is 1. The largest absolute Gasteiger partial charge is 0.395 e. The summed E-state index contributed by atoms with van der Waals surface area (Å²) in [5.41, 5.74) is 1.96. The maximum absolute atomic E-state index is 5.88. The third-order valence-corrected chi connectivity index (χ3v) is 3.52. The van der Waals surface area contributed by atoms with Gasteiger partial charge in [-0.3, -0.25) is 0 Å². The van der Waals surface area contributed by atoms with E-state index in [0.717, 1.165) is 5.56 Å². The summed E-state index contributed by atoms with van der Waals surface area (Å²) in [5.74, 6) is 0. The first-order valence-electron chi connectivity index (χ1n) is 3.56. The van der Waals surface area contributed by atoms with Crippen LogP contribution in [0.15, 0.2) is 24.3 Å². The minimum atomic E-state index is -1.17. The lowest BCUT2D eigenvalue weighted by molar-refractivity contribution is 0.272. The zero-order valence-corrected chi connectivity index (χ0v) is 10.5. The van der Waals surface area contributed by atoms with Crippen LogP contribution in [-0.2, 0) is 8.95 Å². The van der Waals surface area contributed by atoms with E-state index < -0.39 is 4.52 Å². The molecular weight excluding hydrogens is 211 g/mol. The van der Waals surface area contributed by atoms with Gasteiger partial charge in [0.25, 0.3) is 0 Å². The molecule has 0 spiro atoms. The number of hydrogen-bond acceptors (Lipinski definition) is 1. The van der Waals surface area contributed by atoms with Crippen LogP contribution >= 0.6 is 23.2 Å². The molecule has 0 aliphatic heterocycles. The van der Waals surface area contributed by atoms with Crippen molar-refractivity contribution in [2.75, 3.05) is 0 Å². The topological polar surface area (TPSA) is 9.23 Å². The van der Waals surface area contributed by atoms with Gasteiger partial charge in [0.05, 0.1) is 0 Å². The highest BCUT2D eigenvalue weighted by molar-refractivity contribution is 6.47. The number of halogens is 2. The molecule has 1 nitrogen and oxygen atoms in total. The minimum Gasteiger partial charge on any atom is -0.395 e. The second-order valence-electron chi connectivity index (χ2n) is 2.59. The molecule has 0 aliphatic rings. The van der Waals surface area contributed by atoms with Gasteiger partial charge in [0.15, 0.2) is 0 Å². The van der Waals surface area contributed by atoms with Gasteiger partial charge in [-0.25, -0.2) is 0 Å². The van der Waals surface area contributed by atoms with E-state index in [-0.39, 0.29) is 0 Å². The summed E-state index contributed by atoms with van der Waals surface area (Å²) in [4.78, 5) is 0. The fourth-order valence-corrected chi connectivity index (χ4v) is 1.35. The Balaban J connectivity index is 2.96. The number of benzene rings is 1. The molecule has 1 aromatic rings. The second kappa shape index (κ2) is 3.79. The lowest BCUT2D eigenvalue weighted by atomic mass is 10.2. The molecular formula is C8H10Cl2OSi. The molecule has 0 aliphatic carbocycles. The minimum absolute atomic E-state index is 0.516. The molecule has 0 fully saturated rings. The number of alkyl halides is 2. The van der Waals surface area contributed by atoms with Gasteiger partial charge in [-0.1, -0.05) is 53.0 Å². The van der Waals surface area contributed by atoms with Gasteiger partial charge >= 0.3 is 0 Å². The van der Waals surface area contributed by atoms with Crippen LogP contribution in [0.2, 0.25) is 0 Å². The lowest BCUT2D eigenvalue weighted by Gasteiger charge is -2.18. The summed E-state index contributed by atoms with van der Waals surface area (Å²) in [6.07, 6.45) is 0. The summed E-state index contributed by atoms with van der Waals surface area (Å²) in [6.45, 7) is 2.01. The first-order valence-corrected chi connectivity index (χ1v) is 5.13. The number of rotatable bonds is 2. The highest BCUT2D eigenvalue weighted by atomic mass is 35.5. The molecule has 12 heavy (non-hydrogen) atoms. The van der Waals surface area contributed by atoms with Crippen molar-refractivity contribution in [3.63, 3.8) is 0 Å². The van der Waals surface area contributed by atoms with E-state index in [0.29, 0.717) is 10.5 Å². The summed E-state index contributed by atoms with van der Waals surface area (Å²) in [6, 6.07) is 7.64. The summed E-state index contributed by atoms with van der Waals surface area (Å²) < 4.78 is 3.87. The van der Waals surface area contributed by atoms with E-state index in [9.17, 15) is 0 Å². The monoisotopic (exact) mass is 220 g/mol. The summed E-state index contributed by atoms with van der Waals surface area (Å²) in [7, 11) is 0.516. The van der Waals surface area contributed by atoms with E-state index in [1.54, 1.807) is 0 Å². The smallest absolute Gasteiger partial charge is 0.234 e. The van der Waals surface area contributed by atoms with E-state index in [4.69, 9.17) is 27.6 Å². The van der Waals surface area contributed by atoms with Crippen LogP contribution in [0.5, 0.6) is 0 Å². The quantitative estimate of drug-likeness (QED) is 0.547. The van der Waals surface area contributed by atoms with Gasteiger partial charge < -0.3 is 4.43 Å². The fraction of sp³-hybridized carbons (Fsp3) is 0.250. The van der Waals surface area contributed by atoms with Crippen molar-refractivity contribution in [1.82, 2.24) is 0 Å². The molecule has 0 radical (unpaired) electrons. The Morgan fingerprint density at radius 1 is 1.25 bits per heavy atom. The fourth-order valence-electron chi connectivity index (χ4n) is 0.865. The predicted octanol–water partition coefficient (Wildman–Crippen LogP) is 1.88. The Morgan fingerprint density at radius 2 is 1.75 bits per heavy atom. The Labute approximate surface area is 85.2 Å². The van der Waals surface area contributed by atoms with Crippen LogP contribution in [0.25, 0.3) is 0 Å². The predicted molar refractivity (Wildman–Crippen MR) is 55.6 cm³/mol. The van der Waals surface area contributed by atoms with Crippen molar-refractivity contribution in [2.45, 2.75) is 11.4 Å². The van der Waals surface area contributed by atoms with E-state index >= 15 is 0 Å². The molecule has 0 saturated heterocycles. The molecule has 66 valence electrons. The van der Waals surface area contributed by atoms with Crippen LogP contribution in [0, 0.1) is 6.92 Å². The first-order chi connectivity index (χ1) is 5.56. The highest BCUT2D eigenvalue weighted by Crippen LogP contribution is 2.33.